The van der Waals surface area contributed by atoms with Crippen molar-refractivity contribution in [3.05, 3.63) is 56.7 Å². The van der Waals surface area contributed by atoms with Crippen LogP contribution in [0.15, 0.2) is 40.5 Å². The van der Waals surface area contributed by atoms with Gasteiger partial charge >= 0.3 is 0 Å². The van der Waals surface area contributed by atoms with Crippen LogP contribution in [0.5, 0.6) is 0 Å². The van der Waals surface area contributed by atoms with Gasteiger partial charge < -0.3 is 4.98 Å². The predicted octanol–water partition coefficient (Wildman–Crippen LogP) is 4.11. The summed E-state index contributed by atoms with van der Waals surface area (Å²) in [6.45, 7) is 1.40. The van der Waals surface area contributed by atoms with E-state index in [1.807, 2.05) is 17.5 Å². The molecule has 0 aliphatic heterocycles. The van der Waals surface area contributed by atoms with Crippen molar-refractivity contribution in [3.8, 4) is 10.4 Å². The van der Waals surface area contributed by atoms with Crippen molar-refractivity contribution in [1.82, 2.24) is 4.98 Å². The number of nitrogens with one attached hydrogen (secondary N) is 1. The minimum Gasteiger partial charge on any atom is -0.321 e. The Balaban J connectivity index is 2.54. The molecule has 0 bridgehead atoms. The second-order valence-electron chi connectivity index (χ2n) is 4.43. The Morgan fingerprint density at radius 1 is 1.30 bits per heavy atom. The lowest BCUT2D eigenvalue weighted by atomic mass is 9.99. The molecule has 20 heavy (non-hydrogen) atoms. The number of ketones is 1. The van der Waals surface area contributed by atoms with Crippen LogP contribution >= 0.6 is 22.9 Å². The molecular weight excluding hydrogens is 294 g/mol. The summed E-state index contributed by atoms with van der Waals surface area (Å²) in [6.07, 6.45) is 0. The molecule has 2 heterocycles. The Bertz CT molecular complexity index is 865. The van der Waals surface area contributed by atoms with Crippen molar-refractivity contribution in [3.63, 3.8) is 0 Å². The van der Waals surface area contributed by atoms with Crippen LogP contribution in [0.3, 0.4) is 0 Å². The third kappa shape index (κ3) is 2.07. The number of carbonyl (C=O) groups excluding carboxylic acids is 1. The topological polar surface area (TPSA) is 49.9 Å². The third-order valence-electron chi connectivity index (χ3n) is 3.10. The van der Waals surface area contributed by atoms with Crippen molar-refractivity contribution in [2.75, 3.05) is 0 Å². The summed E-state index contributed by atoms with van der Waals surface area (Å²) < 4.78 is 0. The van der Waals surface area contributed by atoms with Gasteiger partial charge in [0, 0.05) is 26.4 Å². The number of aromatic amines is 1. The fourth-order valence-corrected chi connectivity index (χ4v) is 3.24. The van der Waals surface area contributed by atoms with E-state index in [-0.39, 0.29) is 16.9 Å². The Morgan fingerprint density at radius 2 is 2.10 bits per heavy atom. The average Bonchev–Trinajstić information content (AvgIpc) is 2.91. The van der Waals surface area contributed by atoms with Crippen molar-refractivity contribution >= 4 is 39.6 Å². The second kappa shape index (κ2) is 4.89. The molecule has 0 saturated heterocycles. The van der Waals surface area contributed by atoms with E-state index < -0.39 is 0 Å². The number of fused-ring (bicyclic) bond motifs is 1. The van der Waals surface area contributed by atoms with E-state index in [4.69, 9.17) is 11.6 Å². The number of rotatable bonds is 2. The van der Waals surface area contributed by atoms with Crippen LogP contribution in [-0.2, 0) is 0 Å². The molecule has 0 unspecified atom stereocenters. The molecule has 3 nitrogen and oxygen atoms in total. The molecule has 0 aliphatic rings. The van der Waals surface area contributed by atoms with Crippen LogP contribution in [0.2, 0.25) is 5.02 Å². The van der Waals surface area contributed by atoms with E-state index >= 15 is 0 Å². The molecule has 0 amide bonds. The molecule has 0 spiro atoms. The van der Waals surface area contributed by atoms with E-state index in [1.54, 1.807) is 18.2 Å². The summed E-state index contributed by atoms with van der Waals surface area (Å²) in [4.78, 5) is 27.7. The summed E-state index contributed by atoms with van der Waals surface area (Å²) in [5, 5.41) is 3.26. The molecule has 1 aromatic carbocycles. The van der Waals surface area contributed by atoms with Gasteiger partial charge in [0.1, 0.15) is 0 Å². The number of benzene rings is 1. The number of halogens is 1. The summed E-state index contributed by atoms with van der Waals surface area (Å²) >= 11 is 7.54. The highest BCUT2D eigenvalue weighted by atomic mass is 35.5. The highest BCUT2D eigenvalue weighted by Gasteiger charge is 2.18. The zero-order valence-electron chi connectivity index (χ0n) is 10.6. The Morgan fingerprint density at radius 3 is 2.75 bits per heavy atom. The van der Waals surface area contributed by atoms with Gasteiger partial charge in [0.25, 0.3) is 5.56 Å². The van der Waals surface area contributed by atoms with Gasteiger partial charge in [0.05, 0.1) is 5.56 Å². The number of hydrogen-bond donors (Lipinski definition) is 1. The van der Waals surface area contributed by atoms with Crippen LogP contribution in [0.4, 0.5) is 0 Å². The lowest BCUT2D eigenvalue weighted by Crippen LogP contribution is -2.17. The largest absolute Gasteiger partial charge is 0.321 e. The number of H-pyrrole nitrogens is 1. The Hall–Kier alpha value is -1.91. The minimum atomic E-state index is -0.365. The molecule has 0 saturated carbocycles. The van der Waals surface area contributed by atoms with Crippen molar-refractivity contribution < 1.29 is 4.79 Å². The number of carbonyl (C=O) groups is 1. The smallest absolute Gasteiger partial charge is 0.259 e. The van der Waals surface area contributed by atoms with Crippen LogP contribution < -0.4 is 5.56 Å². The maximum Gasteiger partial charge on any atom is 0.259 e. The second-order valence-corrected chi connectivity index (χ2v) is 5.81. The van der Waals surface area contributed by atoms with E-state index in [0.717, 1.165) is 10.3 Å². The number of pyridine rings is 1. The zero-order chi connectivity index (χ0) is 14.3. The fourth-order valence-electron chi connectivity index (χ4n) is 2.28. The maximum absolute atomic E-state index is 12.2. The summed E-state index contributed by atoms with van der Waals surface area (Å²) in [6, 6.07) is 9.02. The summed E-state index contributed by atoms with van der Waals surface area (Å²) in [5.41, 5.74) is 1.15. The maximum atomic E-state index is 12.2. The molecule has 1 N–H and O–H groups in total. The van der Waals surface area contributed by atoms with Gasteiger partial charge in [-0.2, -0.15) is 0 Å². The highest BCUT2D eigenvalue weighted by Crippen LogP contribution is 2.34. The van der Waals surface area contributed by atoms with Gasteiger partial charge in [-0.15, -0.1) is 11.3 Å². The number of thiophene rings is 1. The van der Waals surface area contributed by atoms with Gasteiger partial charge in [0.15, 0.2) is 5.78 Å². The molecular formula is C15H10ClNO2S. The third-order valence-corrected chi connectivity index (χ3v) is 4.22. The molecule has 0 fully saturated rings. The van der Waals surface area contributed by atoms with E-state index in [0.29, 0.717) is 16.1 Å². The van der Waals surface area contributed by atoms with Gasteiger partial charge in [-0.25, -0.2) is 0 Å². The lowest BCUT2D eigenvalue weighted by Gasteiger charge is -2.09. The molecule has 100 valence electrons. The normalized spacial score (nSPS) is 10.9. The van der Waals surface area contributed by atoms with Gasteiger partial charge in [0.2, 0.25) is 0 Å². The standard InChI is InChI=1S/C15H10ClNO2S/c1-8(18)13-14(12-3-2-6-20-12)10-7-9(16)4-5-11(10)17-15(13)19/h2-7H,1H3,(H,17,19). The Labute approximate surface area is 123 Å². The lowest BCUT2D eigenvalue weighted by molar-refractivity contribution is 0.101. The fraction of sp³-hybridized carbons (Fsp3) is 0.0667. The molecule has 3 rings (SSSR count). The van der Waals surface area contributed by atoms with Crippen LogP contribution in [-0.4, -0.2) is 10.8 Å². The number of hydrogen-bond acceptors (Lipinski definition) is 3. The van der Waals surface area contributed by atoms with Crippen LogP contribution in [0.25, 0.3) is 21.3 Å². The van der Waals surface area contributed by atoms with E-state index in [9.17, 15) is 9.59 Å². The van der Waals surface area contributed by atoms with Crippen molar-refractivity contribution in [2.24, 2.45) is 0 Å². The van der Waals surface area contributed by atoms with Crippen molar-refractivity contribution in [2.45, 2.75) is 6.92 Å². The highest BCUT2D eigenvalue weighted by molar-refractivity contribution is 7.13. The van der Waals surface area contributed by atoms with Crippen LogP contribution in [0, 0.1) is 0 Å². The monoisotopic (exact) mass is 303 g/mol. The minimum absolute atomic E-state index is 0.183. The SMILES string of the molecule is CC(=O)c1c(-c2cccs2)c2cc(Cl)ccc2[nH]c1=O. The zero-order valence-corrected chi connectivity index (χ0v) is 12.1. The molecule has 5 heteroatoms. The molecule has 0 atom stereocenters. The predicted molar refractivity (Wildman–Crippen MR) is 82.9 cm³/mol. The first kappa shape index (κ1) is 13.1. The number of aromatic nitrogens is 1. The van der Waals surface area contributed by atoms with Crippen molar-refractivity contribution in [1.29, 1.82) is 0 Å². The quantitative estimate of drug-likeness (QED) is 0.724. The first-order valence-electron chi connectivity index (χ1n) is 5.98. The summed E-state index contributed by atoms with van der Waals surface area (Å²) in [5.74, 6) is -0.253. The van der Waals surface area contributed by atoms with Gasteiger partial charge in [-0.1, -0.05) is 17.7 Å². The number of Topliss-reactive ketones (excluding diaryl/α,β-unsaturated/α-hetero) is 1. The molecule has 2 aromatic heterocycles. The van der Waals surface area contributed by atoms with Gasteiger partial charge in [-0.05, 0) is 36.6 Å². The summed E-state index contributed by atoms with van der Waals surface area (Å²) in [7, 11) is 0. The molecule has 0 aliphatic carbocycles. The first-order valence-corrected chi connectivity index (χ1v) is 7.24. The first-order chi connectivity index (χ1) is 9.58. The van der Waals surface area contributed by atoms with E-state index in [1.165, 1.54) is 18.3 Å². The Kier molecular flexibility index (Phi) is 3.20. The average molecular weight is 304 g/mol. The van der Waals surface area contributed by atoms with Crippen LogP contribution in [0.1, 0.15) is 17.3 Å². The molecule has 0 radical (unpaired) electrons. The van der Waals surface area contributed by atoms with E-state index in [2.05, 4.69) is 4.98 Å². The van der Waals surface area contributed by atoms with Gasteiger partial charge in [-0.3, -0.25) is 9.59 Å². The molecule has 3 aromatic rings.